The van der Waals surface area contributed by atoms with E-state index in [0.29, 0.717) is 0 Å². The summed E-state index contributed by atoms with van der Waals surface area (Å²) in [5.41, 5.74) is 0.103. The fraction of sp³-hybridized carbons (Fsp3) is 0.300. The Morgan fingerprint density at radius 2 is 2.19 bits per heavy atom. The Morgan fingerprint density at radius 1 is 1.50 bits per heavy atom. The number of carboxylic acids is 1. The highest BCUT2D eigenvalue weighted by Gasteiger charge is 2.21. The first-order chi connectivity index (χ1) is 7.54. The molecule has 1 rings (SSSR count). The second-order valence-corrected chi connectivity index (χ2v) is 3.45. The lowest BCUT2D eigenvalue weighted by atomic mass is 10.1. The number of hydrogen-bond acceptors (Lipinski definition) is 3. The first kappa shape index (κ1) is 12.9. The molecule has 0 spiro atoms. The van der Waals surface area contributed by atoms with Crippen LogP contribution in [0.3, 0.4) is 0 Å². The number of aliphatic carboxylic acids is 1. The van der Waals surface area contributed by atoms with Gasteiger partial charge in [-0.3, -0.25) is 0 Å². The lowest BCUT2D eigenvalue weighted by molar-refractivity contribution is -0.151. The van der Waals surface area contributed by atoms with Gasteiger partial charge in [-0.05, 0) is 23.8 Å². The maximum Gasteiger partial charge on any atom is 0.337 e. The summed E-state index contributed by atoms with van der Waals surface area (Å²) < 4.78 is 17.9. The quantitative estimate of drug-likeness (QED) is 0.831. The number of carbonyl (C=O) groups is 1. The monoisotopic (exact) mass is 248 g/mol. The molecule has 1 unspecified atom stereocenters. The molecule has 1 aromatic rings. The van der Waals surface area contributed by atoms with E-state index in [4.69, 9.17) is 26.6 Å². The van der Waals surface area contributed by atoms with Gasteiger partial charge in [0.2, 0.25) is 0 Å². The predicted molar refractivity (Wildman–Crippen MR) is 54.8 cm³/mol. The van der Waals surface area contributed by atoms with Gasteiger partial charge in [0.25, 0.3) is 0 Å². The highest BCUT2D eigenvalue weighted by Crippen LogP contribution is 2.22. The van der Waals surface area contributed by atoms with E-state index >= 15 is 0 Å². The van der Waals surface area contributed by atoms with Crippen LogP contribution in [0.1, 0.15) is 11.7 Å². The predicted octanol–water partition coefficient (Wildman–Crippen LogP) is 1.61. The molecule has 16 heavy (non-hydrogen) atoms. The van der Waals surface area contributed by atoms with Gasteiger partial charge in [-0.1, -0.05) is 11.6 Å². The number of halogens is 2. The Bertz CT molecular complexity index is 363. The molecule has 0 saturated carbocycles. The van der Waals surface area contributed by atoms with E-state index < -0.39 is 17.9 Å². The smallest absolute Gasteiger partial charge is 0.337 e. The summed E-state index contributed by atoms with van der Waals surface area (Å²) in [5.74, 6) is -1.91. The van der Waals surface area contributed by atoms with E-state index in [1.165, 1.54) is 6.07 Å². The van der Waals surface area contributed by atoms with Crippen LogP contribution in [0.4, 0.5) is 4.39 Å². The molecule has 4 nitrogen and oxygen atoms in total. The summed E-state index contributed by atoms with van der Waals surface area (Å²) in [6.45, 7) is -0.460. The second-order valence-electron chi connectivity index (χ2n) is 3.02. The van der Waals surface area contributed by atoms with Gasteiger partial charge in [0.15, 0.2) is 6.10 Å². The second kappa shape index (κ2) is 5.79. The van der Waals surface area contributed by atoms with Crippen molar-refractivity contribution in [2.75, 3.05) is 13.2 Å². The van der Waals surface area contributed by atoms with Crippen LogP contribution in [0.5, 0.6) is 0 Å². The van der Waals surface area contributed by atoms with Gasteiger partial charge in [0, 0.05) is 5.02 Å². The zero-order chi connectivity index (χ0) is 12.1. The average Bonchev–Trinajstić information content (AvgIpc) is 2.16. The molecular weight excluding hydrogens is 239 g/mol. The van der Waals surface area contributed by atoms with Crippen molar-refractivity contribution in [2.45, 2.75) is 6.10 Å². The van der Waals surface area contributed by atoms with Crippen LogP contribution >= 0.6 is 11.6 Å². The molecule has 0 aromatic heterocycles. The van der Waals surface area contributed by atoms with Gasteiger partial charge < -0.3 is 14.9 Å². The molecule has 0 amide bonds. The molecule has 0 fully saturated rings. The van der Waals surface area contributed by atoms with Gasteiger partial charge in [-0.25, -0.2) is 9.18 Å². The molecule has 0 aliphatic carbocycles. The zero-order valence-corrected chi connectivity index (χ0v) is 8.95. The average molecular weight is 249 g/mol. The lowest BCUT2D eigenvalue weighted by Crippen LogP contribution is -2.17. The maximum atomic E-state index is 13.0. The highest BCUT2D eigenvalue weighted by atomic mass is 35.5. The first-order valence-corrected chi connectivity index (χ1v) is 4.83. The molecule has 0 aliphatic heterocycles. The van der Waals surface area contributed by atoms with E-state index in [1.807, 2.05) is 0 Å². The summed E-state index contributed by atoms with van der Waals surface area (Å²) >= 11 is 5.60. The molecule has 0 radical (unpaired) electrons. The minimum atomic E-state index is -1.33. The molecule has 1 atom stereocenters. The Hall–Kier alpha value is -1.17. The molecule has 2 N–H and O–H groups in total. The van der Waals surface area contributed by atoms with E-state index in [0.717, 1.165) is 12.1 Å². The molecular formula is C10H10ClFO4. The zero-order valence-electron chi connectivity index (χ0n) is 8.19. The fourth-order valence-electron chi connectivity index (χ4n) is 1.21. The lowest BCUT2D eigenvalue weighted by Gasteiger charge is -2.13. The van der Waals surface area contributed by atoms with Crippen molar-refractivity contribution in [3.8, 4) is 0 Å². The molecule has 0 bridgehead atoms. The maximum absolute atomic E-state index is 13.0. The van der Waals surface area contributed by atoms with Crippen molar-refractivity contribution in [1.82, 2.24) is 0 Å². The standard InChI is InChI=1S/C10H10ClFO4/c11-7-3-6(4-8(12)5-7)9(10(14)15)16-2-1-13/h3-5,9,13H,1-2H2,(H,14,15). The molecule has 0 saturated heterocycles. The van der Waals surface area contributed by atoms with Crippen LogP contribution in [0.15, 0.2) is 18.2 Å². The fourth-order valence-corrected chi connectivity index (χ4v) is 1.44. The third-order valence-corrected chi connectivity index (χ3v) is 2.01. The third-order valence-electron chi connectivity index (χ3n) is 1.79. The number of aliphatic hydroxyl groups is 1. The number of benzene rings is 1. The van der Waals surface area contributed by atoms with Crippen LogP contribution in [0.2, 0.25) is 5.02 Å². The van der Waals surface area contributed by atoms with Crippen LogP contribution in [0.25, 0.3) is 0 Å². The molecule has 0 heterocycles. The SMILES string of the molecule is O=C(O)C(OCCO)c1cc(F)cc(Cl)c1. The Morgan fingerprint density at radius 3 is 2.69 bits per heavy atom. The van der Waals surface area contributed by atoms with Gasteiger partial charge in [-0.15, -0.1) is 0 Å². The summed E-state index contributed by atoms with van der Waals surface area (Å²) in [5, 5.41) is 17.5. The summed E-state index contributed by atoms with van der Waals surface area (Å²) in [6, 6.07) is 3.40. The largest absolute Gasteiger partial charge is 0.479 e. The third kappa shape index (κ3) is 3.44. The minimum absolute atomic E-state index is 0.0915. The summed E-state index contributed by atoms with van der Waals surface area (Å²) in [6.07, 6.45) is -1.33. The highest BCUT2D eigenvalue weighted by molar-refractivity contribution is 6.30. The first-order valence-electron chi connectivity index (χ1n) is 4.46. The number of ether oxygens (including phenoxy) is 1. The van der Waals surface area contributed by atoms with Crippen molar-refractivity contribution in [2.24, 2.45) is 0 Å². The summed E-state index contributed by atoms with van der Waals surface area (Å²) in [7, 11) is 0. The summed E-state index contributed by atoms with van der Waals surface area (Å²) in [4.78, 5) is 10.9. The van der Waals surface area contributed by atoms with Gasteiger partial charge in [-0.2, -0.15) is 0 Å². The van der Waals surface area contributed by atoms with Crippen molar-refractivity contribution in [1.29, 1.82) is 0 Å². The van der Waals surface area contributed by atoms with Gasteiger partial charge in [0.1, 0.15) is 5.82 Å². The molecule has 1 aromatic carbocycles. The normalized spacial score (nSPS) is 12.4. The molecule has 6 heteroatoms. The van der Waals surface area contributed by atoms with Crippen molar-refractivity contribution >= 4 is 17.6 Å². The van der Waals surface area contributed by atoms with E-state index in [1.54, 1.807) is 0 Å². The van der Waals surface area contributed by atoms with Crippen molar-refractivity contribution < 1.29 is 24.1 Å². The van der Waals surface area contributed by atoms with Crippen LogP contribution < -0.4 is 0 Å². The van der Waals surface area contributed by atoms with E-state index in [9.17, 15) is 9.18 Å². The Balaban J connectivity index is 2.96. The van der Waals surface area contributed by atoms with Crippen molar-refractivity contribution in [3.63, 3.8) is 0 Å². The van der Waals surface area contributed by atoms with Crippen LogP contribution in [-0.2, 0) is 9.53 Å². The number of aliphatic hydroxyl groups excluding tert-OH is 1. The van der Waals surface area contributed by atoms with Crippen molar-refractivity contribution in [3.05, 3.63) is 34.6 Å². The molecule has 88 valence electrons. The van der Waals surface area contributed by atoms with Gasteiger partial charge >= 0.3 is 5.97 Å². The minimum Gasteiger partial charge on any atom is -0.479 e. The topological polar surface area (TPSA) is 66.8 Å². The Kier molecular flexibility index (Phi) is 4.67. The Labute approximate surface area is 96.2 Å². The van der Waals surface area contributed by atoms with Crippen LogP contribution in [-0.4, -0.2) is 29.4 Å². The number of carboxylic acid groups (broad SMARTS) is 1. The van der Waals surface area contributed by atoms with Crippen LogP contribution in [0, 0.1) is 5.82 Å². The van der Waals surface area contributed by atoms with Gasteiger partial charge in [0.05, 0.1) is 13.2 Å². The van der Waals surface area contributed by atoms with E-state index in [2.05, 4.69) is 0 Å². The number of rotatable bonds is 5. The molecule has 0 aliphatic rings. The number of hydrogen-bond donors (Lipinski definition) is 2. The van der Waals surface area contributed by atoms with E-state index in [-0.39, 0.29) is 23.8 Å².